The molecule has 1 unspecified atom stereocenters. The van der Waals surface area contributed by atoms with Gasteiger partial charge in [-0.25, -0.2) is 0 Å². The molecule has 1 N–H and O–H groups in total. The lowest BCUT2D eigenvalue weighted by atomic mass is 10.0. The molecular formula is C13H18N2O3S. The molecule has 19 heavy (non-hydrogen) atoms. The molecule has 0 bridgehead atoms. The zero-order chi connectivity index (χ0) is 13.8. The Labute approximate surface area is 115 Å². The van der Waals surface area contributed by atoms with Crippen molar-refractivity contribution in [3.63, 3.8) is 0 Å². The molecule has 0 aromatic heterocycles. The second-order valence-corrected chi connectivity index (χ2v) is 6.56. The van der Waals surface area contributed by atoms with Crippen molar-refractivity contribution in [3.05, 3.63) is 39.9 Å². The molecule has 5 nitrogen and oxygen atoms in total. The largest absolute Gasteiger partial charge is 0.307 e. The SMILES string of the molecule is CC(NC1CCS(=O)CC1)c1ccc([N+](=O)[O-])cc1. The quantitative estimate of drug-likeness (QED) is 0.678. The average molecular weight is 282 g/mol. The summed E-state index contributed by atoms with van der Waals surface area (Å²) in [5.41, 5.74) is 1.15. The van der Waals surface area contributed by atoms with Crippen molar-refractivity contribution in [2.45, 2.75) is 31.8 Å². The van der Waals surface area contributed by atoms with Crippen LogP contribution in [-0.2, 0) is 10.8 Å². The minimum absolute atomic E-state index is 0.115. The minimum Gasteiger partial charge on any atom is -0.307 e. The van der Waals surface area contributed by atoms with Crippen LogP contribution >= 0.6 is 0 Å². The van der Waals surface area contributed by atoms with Crippen LogP contribution in [0.2, 0.25) is 0 Å². The topological polar surface area (TPSA) is 72.2 Å². The summed E-state index contributed by atoms with van der Waals surface area (Å²) in [5, 5.41) is 14.1. The van der Waals surface area contributed by atoms with E-state index in [-0.39, 0.29) is 11.7 Å². The van der Waals surface area contributed by atoms with Gasteiger partial charge in [-0.05, 0) is 25.3 Å². The first kappa shape index (κ1) is 14.1. The van der Waals surface area contributed by atoms with E-state index in [1.165, 1.54) is 12.1 Å². The molecule has 1 aliphatic heterocycles. The lowest BCUT2D eigenvalue weighted by Crippen LogP contribution is -2.37. The number of nitro benzene ring substituents is 1. The van der Waals surface area contributed by atoms with Gasteiger partial charge in [-0.15, -0.1) is 0 Å². The van der Waals surface area contributed by atoms with Crippen LogP contribution in [0.3, 0.4) is 0 Å². The molecule has 1 atom stereocenters. The molecule has 1 heterocycles. The smallest absolute Gasteiger partial charge is 0.269 e. The van der Waals surface area contributed by atoms with E-state index in [1.54, 1.807) is 12.1 Å². The van der Waals surface area contributed by atoms with Crippen LogP contribution in [0, 0.1) is 10.1 Å². The van der Waals surface area contributed by atoms with Crippen LogP contribution in [0.1, 0.15) is 31.4 Å². The summed E-state index contributed by atoms with van der Waals surface area (Å²) >= 11 is 0. The Balaban J connectivity index is 1.94. The fraction of sp³-hybridized carbons (Fsp3) is 0.538. The second-order valence-electron chi connectivity index (χ2n) is 4.86. The molecule has 0 radical (unpaired) electrons. The summed E-state index contributed by atoms with van der Waals surface area (Å²) in [6.45, 7) is 2.05. The van der Waals surface area contributed by atoms with Gasteiger partial charge in [-0.3, -0.25) is 14.3 Å². The van der Waals surface area contributed by atoms with Gasteiger partial charge in [-0.2, -0.15) is 0 Å². The van der Waals surface area contributed by atoms with E-state index in [0.29, 0.717) is 6.04 Å². The van der Waals surface area contributed by atoms with Crippen molar-refractivity contribution in [2.75, 3.05) is 11.5 Å². The first-order chi connectivity index (χ1) is 9.06. The van der Waals surface area contributed by atoms with E-state index in [1.807, 2.05) is 6.92 Å². The fourth-order valence-electron chi connectivity index (χ4n) is 2.29. The third kappa shape index (κ3) is 3.84. The van der Waals surface area contributed by atoms with Gasteiger partial charge in [0.25, 0.3) is 5.69 Å². The number of nitro groups is 1. The minimum atomic E-state index is -0.644. The van der Waals surface area contributed by atoms with Gasteiger partial charge < -0.3 is 5.32 Å². The highest BCUT2D eigenvalue weighted by molar-refractivity contribution is 7.85. The van der Waals surface area contributed by atoms with Crippen LogP contribution in [-0.4, -0.2) is 26.7 Å². The van der Waals surface area contributed by atoms with Crippen LogP contribution in [0.25, 0.3) is 0 Å². The molecule has 0 spiro atoms. The molecule has 6 heteroatoms. The normalized spacial score (nSPS) is 24.9. The fourth-order valence-corrected chi connectivity index (χ4v) is 3.59. The molecule has 2 rings (SSSR count). The number of rotatable bonds is 4. The van der Waals surface area contributed by atoms with E-state index in [0.717, 1.165) is 29.9 Å². The summed E-state index contributed by atoms with van der Waals surface area (Å²) in [6, 6.07) is 7.18. The summed E-state index contributed by atoms with van der Waals surface area (Å²) in [6.07, 6.45) is 1.87. The monoisotopic (exact) mass is 282 g/mol. The van der Waals surface area contributed by atoms with Crippen molar-refractivity contribution in [1.29, 1.82) is 0 Å². The highest BCUT2D eigenvalue weighted by atomic mass is 32.2. The van der Waals surface area contributed by atoms with Crippen molar-refractivity contribution in [3.8, 4) is 0 Å². The maximum Gasteiger partial charge on any atom is 0.269 e. The summed E-state index contributed by atoms with van der Waals surface area (Å²) in [5.74, 6) is 1.54. The molecule has 1 fully saturated rings. The zero-order valence-electron chi connectivity index (χ0n) is 10.9. The molecular weight excluding hydrogens is 264 g/mol. The van der Waals surface area contributed by atoms with E-state index in [2.05, 4.69) is 5.32 Å². The predicted molar refractivity (Wildman–Crippen MR) is 75.5 cm³/mol. The van der Waals surface area contributed by atoms with Gasteiger partial charge in [0.05, 0.1) is 4.92 Å². The number of hydrogen-bond donors (Lipinski definition) is 1. The van der Waals surface area contributed by atoms with Crippen LogP contribution in [0.4, 0.5) is 5.69 Å². The third-order valence-corrected chi connectivity index (χ3v) is 4.86. The Morgan fingerprint density at radius 2 is 1.89 bits per heavy atom. The van der Waals surface area contributed by atoms with Gasteiger partial charge in [0.2, 0.25) is 0 Å². The van der Waals surface area contributed by atoms with E-state index < -0.39 is 15.7 Å². The van der Waals surface area contributed by atoms with Crippen LogP contribution in [0.5, 0.6) is 0 Å². The van der Waals surface area contributed by atoms with Gasteiger partial charge in [0, 0.05) is 46.5 Å². The number of nitrogens with zero attached hydrogens (tertiary/aromatic N) is 1. The van der Waals surface area contributed by atoms with Crippen LogP contribution < -0.4 is 5.32 Å². The molecule has 1 aliphatic rings. The molecule has 104 valence electrons. The summed E-state index contributed by atoms with van der Waals surface area (Å²) < 4.78 is 11.3. The van der Waals surface area contributed by atoms with Crippen molar-refractivity contribution in [1.82, 2.24) is 5.32 Å². The lowest BCUT2D eigenvalue weighted by molar-refractivity contribution is -0.384. The standard InChI is InChI=1S/C13H18N2O3S/c1-10(14-12-6-8-19(18)9-7-12)11-2-4-13(5-3-11)15(16)17/h2-5,10,12,14H,6-9H2,1H3. The molecule has 0 saturated carbocycles. The Bertz CT molecular complexity index is 465. The van der Waals surface area contributed by atoms with E-state index >= 15 is 0 Å². The zero-order valence-corrected chi connectivity index (χ0v) is 11.7. The molecule has 1 aromatic carbocycles. The highest BCUT2D eigenvalue weighted by Gasteiger charge is 2.19. The summed E-state index contributed by atoms with van der Waals surface area (Å²) in [4.78, 5) is 10.2. The second kappa shape index (κ2) is 6.25. The maximum atomic E-state index is 11.3. The van der Waals surface area contributed by atoms with Crippen LogP contribution in [0.15, 0.2) is 24.3 Å². The Hall–Kier alpha value is -1.27. The lowest BCUT2D eigenvalue weighted by Gasteiger charge is -2.26. The highest BCUT2D eigenvalue weighted by Crippen LogP contribution is 2.20. The van der Waals surface area contributed by atoms with Gasteiger partial charge in [0.15, 0.2) is 0 Å². The molecule has 1 saturated heterocycles. The Morgan fingerprint density at radius 1 is 1.32 bits per heavy atom. The average Bonchev–Trinajstić information content (AvgIpc) is 2.41. The number of nitrogens with one attached hydrogen (secondary N) is 1. The Kier molecular flexibility index (Phi) is 4.66. The third-order valence-electron chi connectivity index (χ3n) is 3.48. The maximum absolute atomic E-state index is 11.3. The van der Waals surface area contributed by atoms with Gasteiger partial charge in [0.1, 0.15) is 0 Å². The first-order valence-electron chi connectivity index (χ1n) is 6.41. The number of hydrogen-bond acceptors (Lipinski definition) is 4. The first-order valence-corrected chi connectivity index (χ1v) is 7.90. The van der Waals surface area contributed by atoms with E-state index in [4.69, 9.17) is 0 Å². The summed E-state index contributed by atoms with van der Waals surface area (Å²) in [7, 11) is -0.644. The van der Waals surface area contributed by atoms with E-state index in [9.17, 15) is 14.3 Å². The number of non-ortho nitro benzene ring substituents is 1. The van der Waals surface area contributed by atoms with Crippen molar-refractivity contribution < 1.29 is 9.13 Å². The van der Waals surface area contributed by atoms with Gasteiger partial charge in [-0.1, -0.05) is 12.1 Å². The van der Waals surface area contributed by atoms with Crippen molar-refractivity contribution in [2.24, 2.45) is 0 Å². The molecule has 1 aromatic rings. The predicted octanol–water partition coefficient (Wildman–Crippen LogP) is 2.16. The Morgan fingerprint density at radius 3 is 2.42 bits per heavy atom. The molecule has 0 amide bonds. The van der Waals surface area contributed by atoms with Crippen molar-refractivity contribution >= 4 is 16.5 Å². The van der Waals surface area contributed by atoms with Gasteiger partial charge >= 0.3 is 0 Å². The molecule has 0 aliphatic carbocycles. The number of benzene rings is 1.